The van der Waals surface area contributed by atoms with Crippen LogP contribution in [0, 0.1) is 5.41 Å². The van der Waals surface area contributed by atoms with Gasteiger partial charge in [-0.15, -0.1) is 0 Å². The molecule has 0 aromatic carbocycles. The van der Waals surface area contributed by atoms with E-state index in [1.54, 1.807) is 11.7 Å². The first kappa shape index (κ1) is 11.8. The van der Waals surface area contributed by atoms with Gasteiger partial charge in [-0.1, -0.05) is 18.4 Å². The van der Waals surface area contributed by atoms with Crippen LogP contribution >= 0.6 is 0 Å². The van der Waals surface area contributed by atoms with E-state index in [0.29, 0.717) is 31.9 Å². The molecule has 0 radical (unpaired) electrons. The molecule has 1 unspecified atom stereocenters. The summed E-state index contributed by atoms with van der Waals surface area (Å²) in [6.45, 7) is 3.20. The van der Waals surface area contributed by atoms with E-state index in [0.717, 1.165) is 6.42 Å². The van der Waals surface area contributed by atoms with Crippen LogP contribution in [0.2, 0.25) is 0 Å². The van der Waals surface area contributed by atoms with Crippen LogP contribution in [-0.4, -0.2) is 44.4 Å². The quantitative estimate of drug-likeness (QED) is 0.813. The Kier molecular flexibility index (Phi) is 2.99. The molecule has 17 heavy (non-hydrogen) atoms. The zero-order valence-corrected chi connectivity index (χ0v) is 10.1. The van der Waals surface area contributed by atoms with Crippen molar-refractivity contribution in [2.24, 2.45) is 12.5 Å². The van der Waals surface area contributed by atoms with Gasteiger partial charge in [0.1, 0.15) is 0 Å². The monoisotopic (exact) mass is 239 g/mol. The summed E-state index contributed by atoms with van der Waals surface area (Å²) in [5.74, 6) is -0.0683. The number of carbonyl (C=O) groups is 1. The lowest BCUT2D eigenvalue weighted by Gasteiger charge is -2.23. The number of tetrazole rings is 1. The van der Waals surface area contributed by atoms with Crippen LogP contribution in [0.1, 0.15) is 26.2 Å². The molecule has 1 aromatic heterocycles. The van der Waals surface area contributed by atoms with Crippen molar-refractivity contribution in [3.8, 4) is 0 Å². The number of aryl methyl sites for hydroxylation is 1. The van der Waals surface area contributed by atoms with Crippen molar-refractivity contribution < 1.29 is 9.90 Å². The maximum absolute atomic E-state index is 11.4. The molecular weight excluding hydrogens is 222 g/mol. The van der Waals surface area contributed by atoms with Crippen LogP contribution < -0.4 is 4.90 Å². The number of anilines is 1. The highest BCUT2D eigenvalue weighted by atomic mass is 16.4. The van der Waals surface area contributed by atoms with Crippen molar-refractivity contribution in [3.63, 3.8) is 0 Å². The Bertz CT molecular complexity index is 419. The first-order valence-electron chi connectivity index (χ1n) is 5.80. The summed E-state index contributed by atoms with van der Waals surface area (Å²) in [6, 6.07) is 0. The second-order valence-corrected chi connectivity index (χ2v) is 4.61. The van der Waals surface area contributed by atoms with Gasteiger partial charge in [0, 0.05) is 20.1 Å². The van der Waals surface area contributed by atoms with Gasteiger partial charge in [0.2, 0.25) is 5.95 Å². The summed E-state index contributed by atoms with van der Waals surface area (Å²) in [4.78, 5) is 13.4. The lowest BCUT2D eigenvalue weighted by atomic mass is 9.83. The summed E-state index contributed by atoms with van der Waals surface area (Å²) in [6.07, 6.45) is 2.23. The Labute approximate surface area is 99.4 Å². The highest BCUT2D eigenvalue weighted by molar-refractivity contribution is 5.76. The van der Waals surface area contributed by atoms with Gasteiger partial charge < -0.3 is 10.0 Å². The highest BCUT2D eigenvalue weighted by Crippen LogP contribution is 2.36. The highest BCUT2D eigenvalue weighted by Gasteiger charge is 2.45. The van der Waals surface area contributed by atoms with Crippen molar-refractivity contribution in [3.05, 3.63) is 0 Å². The van der Waals surface area contributed by atoms with E-state index in [-0.39, 0.29) is 0 Å². The van der Waals surface area contributed by atoms with E-state index in [4.69, 9.17) is 0 Å². The molecule has 7 nitrogen and oxygen atoms in total. The van der Waals surface area contributed by atoms with Gasteiger partial charge in [-0.05, 0) is 23.3 Å². The molecule has 0 amide bonds. The van der Waals surface area contributed by atoms with Gasteiger partial charge in [-0.2, -0.15) is 0 Å². The Morgan fingerprint density at radius 2 is 2.35 bits per heavy atom. The molecule has 2 heterocycles. The van der Waals surface area contributed by atoms with Crippen molar-refractivity contribution in [2.75, 3.05) is 18.0 Å². The number of carboxylic acid groups (broad SMARTS) is 1. The average Bonchev–Trinajstić information content (AvgIpc) is 2.86. The fourth-order valence-corrected chi connectivity index (χ4v) is 2.50. The molecule has 0 saturated carbocycles. The molecule has 0 bridgehead atoms. The predicted molar refractivity (Wildman–Crippen MR) is 60.6 cm³/mol. The molecule has 1 aliphatic rings. The minimum absolute atomic E-state index is 0.490. The topological polar surface area (TPSA) is 84.1 Å². The van der Waals surface area contributed by atoms with Crippen LogP contribution in [0.15, 0.2) is 0 Å². The number of nitrogens with zero attached hydrogens (tertiary/aromatic N) is 5. The lowest BCUT2D eigenvalue weighted by Crippen LogP contribution is -2.35. The summed E-state index contributed by atoms with van der Waals surface area (Å²) in [7, 11) is 1.76. The number of hydrogen-bond donors (Lipinski definition) is 1. The van der Waals surface area contributed by atoms with E-state index < -0.39 is 11.4 Å². The molecule has 1 atom stereocenters. The summed E-state index contributed by atoms with van der Waals surface area (Å²) in [5, 5.41) is 20.7. The van der Waals surface area contributed by atoms with Gasteiger partial charge in [0.05, 0.1) is 5.41 Å². The predicted octanol–water partition coefficient (Wildman–Crippen LogP) is 0.291. The Balaban J connectivity index is 2.18. The first-order valence-corrected chi connectivity index (χ1v) is 5.80. The Morgan fingerprint density at radius 3 is 2.88 bits per heavy atom. The largest absolute Gasteiger partial charge is 0.481 e. The Hall–Kier alpha value is -1.66. The molecule has 1 fully saturated rings. The van der Waals surface area contributed by atoms with E-state index in [1.165, 1.54) is 0 Å². The van der Waals surface area contributed by atoms with Gasteiger partial charge in [0.15, 0.2) is 0 Å². The van der Waals surface area contributed by atoms with Crippen LogP contribution in [0.25, 0.3) is 0 Å². The minimum Gasteiger partial charge on any atom is -0.481 e. The molecule has 0 aliphatic carbocycles. The average molecular weight is 239 g/mol. The normalized spacial score (nSPS) is 24.2. The molecule has 1 aromatic rings. The third-order valence-electron chi connectivity index (χ3n) is 3.42. The van der Waals surface area contributed by atoms with Gasteiger partial charge >= 0.3 is 5.97 Å². The van der Waals surface area contributed by atoms with Gasteiger partial charge in [-0.25, -0.2) is 4.68 Å². The van der Waals surface area contributed by atoms with Crippen LogP contribution in [0.4, 0.5) is 5.95 Å². The fraction of sp³-hybridized carbons (Fsp3) is 0.800. The summed E-state index contributed by atoms with van der Waals surface area (Å²) < 4.78 is 1.57. The van der Waals surface area contributed by atoms with Crippen molar-refractivity contribution >= 4 is 11.9 Å². The second-order valence-electron chi connectivity index (χ2n) is 4.61. The van der Waals surface area contributed by atoms with Crippen LogP contribution in [0.3, 0.4) is 0 Å². The zero-order valence-electron chi connectivity index (χ0n) is 10.1. The number of aromatic nitrogens is 4. The van der Waals surface area contributed by atoms with Crippen LogP contribution in [-0.2, 0) is 11.8 Å². The first-order chi connectivity index (χ1) is 8.09. The summed E-state index contributed by atoms with van der Waals surface area (Å²) in [5.41, 5.74) is -0.638. The van der Waals surface area contributed by atoms with Crippen molar-refractivity contribution in [2.45, 2.75) is 26.2 Å². The van der Waals surface area contributed by atoms with E-state index in [9.17, 15) is 9.90 Å². The van der Waals surface area contributed by atoms with Gasteiger partial charge in [-0.3, -0.25) is 4.79 Å². The molecule has 0 spiro atoms. The number of rotatable bonds is 4. The molecule has 1 saturated heterocycles. The number of carboxylic acids is 1. The third-order valence-corrected chi connectivity index (χ3v) is 3.42. The smallest absolute Gasteiger partial charge is 0.311 e. The number of hydrogen-bond acceptors (Lipinski definition) is 5. The zero-order chi connectivity index (χ0) is 12.5. The molecular formula is C10H17N5O2. The van der Waals surface area contributed by atoms with Gasteiger partial charge in [0.25, 0.3) is 0 Å². The fourth-order valence-electron chi connectivity index (χ4n) is 2.50. The SMILES string of the molecule is CCCC1(C(=O)O)CCN(c2nnnn2C)C1. The lowest BCUT2D eigenvalue weighted by molar-refractivity contribution is -0.148. The van der Waals surface area contributed by atoms with Crippen molar-refractivity contribution in [1.29, 1.82) is 0 Å². The maximum atomic E-state index is 11.4. The number of aliphatic carboxylic acids is 1. The summed E-state index contributed by atoms with van der Waals surface area (Å²) >= 11 is 0. The van der Waals surface area contributed by atoms with Crippen LogP contribution in [0.5, 0.6) is 0 Å². The minimum atomic E-state index is -0.711. The van der Waals surface area contributed by atoms with E-state index >= 15 is 0 Å². The molecule has 1 aliphatic heterocycles. The maximum Gasteiger partial charge on any atom is 0.311 e. The molecule has 2 rings (SSSR count). The Morgan fingerprint density at radius 1 is 1.59 bits per heavy atom. The molecule has 94 valence electrons. The molecule has 7 heteroatoms. The van der Waals surface area contributed by atoms with Crippen molar-refractivity contribution in [1.82, 2.24) is 20.2 Å². The third kappa shape index (κ3) is 1.96. The van der Waals surface area contributed by atoms with E-state index in [2.05, 4.69) is 15.5 Å². The standard InChI is InChI=1S/C10H17N5O2/c1-3-4-10(8(16)17)5-6-15(7-10)9-11-12-13-14(9)2/h3-7H2,1-2H3,(H,16,17). The van der Waals surface area contributed by atoms with E-state index in [1.807, 2.05) is 11.8 Å². The molecule has 1 N–H and O–H groups in total. The second kappa shape index (κ2) is 4.31.